The Hall–Kier alpha value is -3.91. The average Bonchev–Trinajstić information content (AvgIpc) is 2.95. The number of hydrogen-bond acceptors (Lipinski definition) is 6. The van der Waals surface area contributed by atoms with Crippen LogP contribution in [0.2, 0.25) is 0 Å². The first-order valence-electron chi connectivity index (χ1n) is 14.9. The van der Waals surface area contributed by atoms with Crippen LogP contribution in [0.4, 0.5) is 9.18 Å². The Morgan fingerprint density at radius 1 is 0.907 bits per heavy atom. The zero-order valence-corrected chi connectivity index (χ0v) is 25.9. The van der Waals surface area contributed by atoms with E-state index in [-0.39, 0.29) is 30.8 Å². The van der Waals surface area contributed by atoms with E-state index in [0.717, 1.165) is 16.9 Å². The molecule has 8 heteroatoms. The van der Waals surface area contributed by atoms with Crippen molar-refractivity contribution >= 4 is 12.1 Å². The number of alkyl carbamates (subject to hydrolysis) is 1. The minimum Gasteiger partial charge on any atom is -0.492 e. The second-order valence-corrected chi connectivity index (χ2v) is 11.9. The third-order valence-corrected chi connectivity index (χ3v) is 6.74. The van der Waals surface area contributed by atoms with Crippen LogP contribution in [0.3, 0.4) is 0 Å². The summed E-state index contributed by atoms with van der Waals surface area (Å²) in [6.07, 6.45) is 1.27. The molecule has 1 amide bonds. The van der Waals surface area contributed by atoms with E-state index in [1.54, 1.807) is 12.1 Å². The van der Waals surface area contributed by atoms with Gasteiger partial charge in [-0.3, -0.25) is 10.1 Å². The number of nitrogens with one attached hydrogen (secondary N) is 2. The molecule has 0 fully saturated rings. The summed E-state index contributed by atoms with van der Waals surface area (Å²) in [7, 11) is 0. The van der Waals surface area contributed by atoms with Gasteiger partial charge < -0.3 is 19.5 Å². The molecule has 0 spiro atoms. The quantitative estimate of drug-likeness (QED) is 0.152. The van der Waals surface area contributed by atoms with Crippen molar-refractivity contribution in [3.8, 4) is 5.75 Å². The highest BCUT2D eigenvalue weighted by Gasteiger charge is 2.27. The number of benzene rings is 3. The molecule has 3 aromatic carbocycles. The van der Waals surface area contributed by atoms with Crippen LogP contribution >= 0.6 is 0 Å². The summed E-state index contributed by atoms with van der Waals surface area (Å²) in [5.41, 5.74) is 2.07. The molecule has 2 N–H and O–H groups in total. The highest BCUT2D eigenvalue weighted by Crippen LogP contribution is 2.21. The number of aryl methyl sites for hydroxylation is 1. The molecule has 232 valence electrons. The average molecular weight is 593 g/mol. The largest absolute Gasteiger partial charge is 0.492 e. The van der Waals surface area contributed by atoms with E-state index in [1.807, 2.05) is 75.4 Å². The SMILES string of the molecule is CC(C)C(COc1ccccc1CCCNC(=O)OC(C)(C)C)NC(Cc1cccc(F)c1)C(=O)OCc1ccccc1. The van der Waals surface area contributed by atoms with Gasteiger partial charge in [0.25, 0.3) is 0 Å². The number of carbonyl (C=O) groups is 2. The molecule has 0 aliphatic heterocycles. The van der Waals surface area contributed by atoms with Gasteiger partial charge in [-0.15, -0.1) is 0 Å². The Balaban J connectivity index is 1.63. The molecule has 0 aliphatic carbocycles. The molecular weight excluding hydrogens is 547 g/mol. The van der Waals surface area contributed by atoms with Crippen LogP contribution in [-0.2, 0) is 33.7 Å². The maximum Gasteiger partial charge on any atom is 0.407 e. The summed E-state index contributed by atoms with van der Waals surface area (Å²) in [5.74, 6) is 0.120. The van der Waals surface area contributed by atoms with Crippen molar-refractivity contribution in [2.24, 2.45) is 5.92 Å². The summed E-state index contributed by atoms with van der Waals surface area (Å²) in [6, 6.07) is 22.7. The number of rotatable bonds is 15. The van der Waals surface area contributed by atoms with E-state index in [0.29, 0.717) is 31.6 Å². The molecule has 2 atom stereocenters. The summed E-state index contributed by atoms with van der Waals surface area (Å²) < 4.78 is 31.2. The maximum atomic E-state index is 14.0. The summed E-state index contributed by atoms with van der Waals surface area (Å²) >= 11 is 0. The third-order valence-electron chi connectivity index (χ3n) is 6.74. The number of hydrogen-bond donors (Lipinski definition) is 2. The lowest BCUT2D eigenvalue weighted by atomic mass is 10.0. The molecule has 0 saturated heterocycles. The second-order valence-electron chi connectivity index (χ2n) is 11.9. The van der Waals surface area contributed by atoms with Crippen LogP contribution in [0, 0.1) is 11.7 Å². The van der Waals surface area contributed by atoms with Crippen molar-refractivity contribution < 1.29 is 28.2 Å². The van der Waals surface area contributed by atoms with Crippen molar-refractivity contribution in [2.45, 2.75) is 78.2 Å². The van der Waals surface area contributed by atoms with E-state index < -0.39 is 23.7 Å². The van der Waals surface area contributed by atoms with Gasteiger partial charge in [-0.1, -0.05) is 74.5 Å². The van der Waals surface area contributed by atoms with Crippen molar-refractivity contribution in [3.63, 3.8) is 0 Å². The van der Waals surface area contributed by atoms with E-state index >= 15 is 0 Å². The molecule has 0 heterocycles. The molecule has 0 bridgehead atoms. The minimum absolute atomic E-state index is 0.127. The van der Waals surface area contributed by atoms with Gasteiger partial charge in [0.2, 0.25) is 0 Å². The lowest BCUT2D eigenvalue weighted by molar-refractivity contribution is -0.148. The van der Waals surface area contributed by atoms with Crippen LogP contribution in [0.5, 0.6) is 5.75 Å². The van der Waals surface area contributed by atoms with Gasteiger partial charge >= 0.3 is 12.1 Å². The molecule has 7 nitrogen and oxygen atoms in total. The van der Waals surface area contributed by atoms with Gasteiger partial charge in [-0.25, -0.2) is 9.18 Å². The van der Waals surface area contributed by atoms with E-state index in [9.17, 15) is 14.0 Å². The van der Waals surface area contributed by atoms with Crippen LogP contribution in [0.25, 0.3) is 0 Å². The molecule has 0 aliphatic rings. The summed E-state index contributed by atoms with van der Waals surface area (Å²) in [4.78, 5) is 25.2. The fourth-order valence-corrected chi connectivity index (χ4v) is 4.44. The Morgan fingerprint density at radius 2 is 1.60 bits per heavy atom. The van der Waals surface area contributed by atoms with Gasteiger partial charge in [0.1, 0.15) is 36.4 Å². The first kappa shape index (κ1) is 33.6. The van der Waals surface area contributed by atoms with Gasteiger partial charge in [-0.05, 0) is 80.8 Å². The molecule has 0 radical (unpaired) electrons. The highest BCUT2D eigenvalue weighted by molar-refractivity contribution is 5.76. The standard InChI is InChI=1S/C35H45FN2O5/c1-25(2)31(24-41-32-19-10-9-16-28(32)17-12-20-37-34(40)43-35(3,4)5)38-30(22-27-15-11-18-29(36)21-27)33(39)42-23-26-13-7-6-8-14-26/h6-11,13-16,18-19,21,25,30-31,38H,12,17,20,22-24H2,1-5H3,(H,37,40). The van der Waals surface area contributed by atoms with Crippen LogP contribution in [0.1, 0.15) is 57.7 Å². The second kappa shape index (κ2) is 16.7. The van der Waals surface area contributed by atoms with Gasteiger partial charge in [0.15, 0.2) is 0 Å². The molecule has 3 aromatic rings. The number of ether oxygens (including phenoxy) is 3. The third kappa shape index (κ3) is 12.5. The number of amides is 1. The molecule has 0 aromatic heterocycles. The highest BCUT2D eigenvalue weighted by atomic mass is 19.1. The van der Waals surface area contributed by atoms with Crippen LogP contribution in [-0.4, -0.2) is 42.9 Å². The minimum atomic E-state index is -0.698. The van der Waals surface area contributed by atoms with Gasteiger partial charge in [0.05, 0.1) is 0 Å². The number of carbonyl (C=O) groups excluding carboxylic acids is 2. The van der Waals surface area contributed by atoms with Crippen molar-refractivity contribution in [1.82, 2.24) is 10.6 Å². The normalized spacial score (nSPS) is 12.8. The first-order chi connectivity index (χ1) is 20.5. The Kier molecular flexibility index (Phi) is 13.0. The van der Waals surface area contributed by atoms with Crippen molar-refractivity contribution in [3.05, 3.63) is 101 Å². The van der Waals surface area contributed by atoms with Gasteiger partial charge in [-0.2, -0.15) is 0 Å². The Labute approximate surface area is 255 Å². The molecule has 43 heavy (non-hydrogen) atoms. The first-order valence-corrected chi connectivity index (χ1v) is 14.9. The lowest BCUT2D eigenvalue weighted by Crippen LogP contribution is -2.50. The number of esters is 1. The fourth-order valence-electron chi connectivity index (χ4n) is 4.44. The van der Waals surface area contributed by atoms with Crippen LogP contribution < -0.4 is 15.4 Å². The Bertz CT molecular complexity index is 1290. The Morgan fingerprint density at radius 3 is 2.30 bits per heavy atom. The van der Waals surface area contributed by atoms with E-state index in [4.69, 9.17) is 14.2 Å². The zero-order chi connectivity index (χ0) is 31.2. The van der Waals surface area contributed by atoms with E-state index in [2.05, 4.69) is 24.5 Å². The predicted octanol–water partition coefficient (Wildman–Crippen LogP) is 6.63. The fraction of sp³-hybridized carbons (Fsp3) is 0.429. The monoisotopic (exact) mass is 592 g/mol. The molecular formula is C35H45FN2O5. The summed E-state index contributed by atoms with van der Waals surface area (Å²) in [5, 5.41) is 6.24. The van der Waals surface area contributed by atoms with Gasteiger partial charge in [0, 0.05) is 12.6 Å². The topological polar surface area (TPSA) is 85.9 Å². The molecule has 2 unspecified atom stereocenters. The maximum absolute atomic E-state index is 14.0. The number of para-hydroxylation sites is 1. The zero-order valence-electron chi connectivity index (χ0n) is 25.9. The lowest BCUT2D eigenvalue weighted by Gasteiger charge is -2.28. The number of halogens is 1. The smallest absolute Gasteiger partial charge is 0.407 e. The van der Waals surface area contributed by atoms with Crippen molar-refractivity contribution in [2.75, 3.05) is 13.2 Å². The van der Waals surface area contributed by atoms with E-state index in [1.165, 1.54) is 12.1 Å². The summed E-state index contributed by atoms with van der Waals surface area (Å²) in [6.45, 7) is 10.6. The molecule has 0 saturated carbocycles. The van der Waals surface area contributed by atoms with Crippen LogP contribution in [0.15, 0.2) is 78.9 Å². The molecule has 3 rings (SSSR count). The predicted molar refractivity (Wildman–Crippen MR) is 166 cm³/mol. The van der Waals surface area contributed by atoms with Crippen molar-refractivity contribution in [1.29, 1.82) is 0 Å².